The van der Waals surface area contributed by atoms with Crippen LogP contribution in [0.25, 0.3) is 0 Å². The Morgan fingerprint density at radius 1 is 1.60 bits per heavy atom. The maximum atomic E-state index is 12.7. The van der Waals surface area contributed by atoms with Crippen molar-refractivity contribution in [1.82, 2.24) is 4.98 Å². The minimum atomic E-state index is -0.577. The molecule has 1 amide bonds. The van der Waals surface area contributed by atoms with Crippen molar-refractivity contribution in [3.05, 3.63) is 24.1 Å². The summed E-state index contributed by atoms with van der Waals surface area (Å²) in [5, 5.41) is 2.61. The first-order valence-electron chi connectivity index (χ1n) is 4.81. The molecule has 1 saturated heterocycles. The van der Waals surface area contributed by atoms with Crippen LogP contribution in [-0.4, -0.2) is 21.9 Å². The van der Waals surface area contributed by atoms with Gasteiger partial charge in [0.1, 0.15) is 5.82 Å². The monoisotopic (exact) mass is 226 g/mol. The highest BCUT2D eigenvalue weighted by Gasteiger charge is 2.23. The molecule has 1 atom stereocenters. The zero-order valence-electron chi connectivity index (χ0n) is 8.07. The van der Waals surface area contributed by atoms with E-state index in [1.165, 1.54) is 12.1 Å². The highest BCUT2D eigenvalue weighted by atomic mass is 32.2. The van der Waals surface area contributed by atoms with Gasteiger partial charge in [0.05, 0.1) is 5.25 Å². The van der Waals surface area contributed by atoms with Crippen LogP contribution in [0.3, 0.4) is 0 Å². The van der Waals surface area contributed by atoms with E-state index in [4.69, 9.17) is 0 Å². The van der Waals surface area contributed by atoms with Crippen LogP contribution in [0, 0.1) is 5.95 Å². The number of aromatic nitrogens is 1. The van der Waals surface area contributed by atoms with Gasteiger partial charge in [-0.1, -0.05) is 6.07 Å². The second-order valence-electron chi connectivity index (χ2n) is 3.34. The van der Waals surface area contributed by atoms with Crippen molar-refractivity contribution in [2.45, 2.75) is 18.1 Å². The fourth-order valence-electron chi connectivity index (χ4n) is 1.47. The van der Waals surface area contributed by atoms with Gasteiger partial charge in [-0.25, -0.2) is 4.98 Å². The first kappa shape index (κ1) is 10.4. The topological polar surface area (TPSA) is 42.0 Å². The lowest BCUT2D eigenvalue weighted by Gasteiger charge is -2.08. The van der Waals surface area contributed by atoms with Crippen LogP contribution in [0.2, 0.25) is 0 Å². The molecule has 5 heteroatoms. The Labute approximate surface area is 91.5 Å². The summed E-state index contributed by atoms with van der Waals surface area (Å²) in [6, 6.07) is 4.36. The van der Waals surface area contributed by atoms with Gasteiger partial charge in [0.25, 0.3) is 0 Å². The van der Waals surface area contributed by atoms with Gasteiger partial charge in [-0.2, -0.15) is 4.39 Å². The molecule has 0 spiro atoms. The van der Waals surface area contributed by atoms with Crippen molar-refractivity contribution in [3.63, 3.8) is 0 Å². The molecule has 0 aliphatic carbocycles. The van der Waals surface area contributed by atoms with Crippen LogP contribution >= 0.6 is 11.8 Å². The number of pyridine rings is 1. The standard InChI is InChI=1S/C10H11FN2OS/c11-8-4-1-5-9(12-8)13-10(14)7-3-2-6-15-7/h1,4-5,7H,2-3,6H2,(H,12,13,14). The summed E-state index contributed by atoms with van der Waals surface area (Å²) in [4.78, 5) is 15.2. The van der Waals surface area contributed by atoms with E-state index in [0.717, 1.165) is 18.6 Å². The molecule has 0 bridgehead atoms. The molecule has 3 nitrogen and oxygen atoms in total. The summed E-state index contributed by atoms with van der Waals surface area (Å²) in [6.07, 6.45) is 1.96. The zero-order valence-corrected chi connectivity index (χ0v) is 8.89. The molecule has 0 radical (unpaired) electrons. The van der Waals surface area contributed by atoms with Gasteiger partial charge in [0.15, 0.2) is 0 Å². The molecule has 80 valence electrons. The van der Waals surface area contributed by atoms with Crippen LogP contribution in [0.15, 0.2) is 18.2 Å². The predicted octanol–water partition coefficient (Wildman–Crippen LogP) is 2.05. The maximum Gasteiger partial charge on any atom is 0.238 e. The van der Waals surface area contributed by atoms with E-state index in [1.807, 2.05) is 0 Å². The van der Waals surface area contributed by atoms with E-state index >= 15 is 0 Å². The fraction of sp³-hybridized carbons (Fsp3) is 0.400. The highest BCUT2D eigenvalue weighted by Crippen LogP contribution is 2.26. The minimum absolute atomic E-state index is 0.00457. The third kappa shape index (κ3) is 2.68. The van der Waals surface area contributed by atoms with Crippen LogP contribution in [0.4, 0.5) is 10.2 Å². The molecule has 0 aromatic carbocycles. The van der Waals surface area contributed by atoms with E-state index in [9.17, 15) is 9.18 Å². The quantitative estimate of drug-likeness (QED) is 0.785. The third-order valence-electron chi connectivity index (χ3n) is 2.19. The lowest BCUT2D eigenvalue weighted by molar-refractivity contribution is -0.115. The SMILES string of the molecule is O=C(Nc1cccc(F)n1)C1CCCS1. The van der Waals surface area contributed by atoms with Crippen molar-refractivity contribution < 1.29 is 9.18 Å². The number of rotatable bonds is 2. The number of nitrogens with one attached hydrogen (secondary N) is 1. The van der Waals surface area contributed by atoms with Crippen LogP contribution in [0.1, 0.15) is 12.8 Å². The zero-order chi connectivity index (χ0) is 10.7. The van der Waals surface area contributed by atoms with Crippen molar-refractivity contribution in [3.8, 4) is 0 Å². The maximum absolute atomic E-state index is 12.7. The molecule has 15 heavy (non-hydrogen) atoms. The molecule has 2 rings (SSSR count). The summed E-state index contributed by atoms with van der Waals surface area (Å²) in [5.74, 6) is 0.657. The van der Waals surface area contributed by atoms with Gasteiger partial charge < -0.3 is 5.32 Å². The summed E-state index contributed by atoms with van der Waals surface area (Å²) in [5.41, 5.74) is 0. The van der Waals surface area contributed by atoms with Crippen molar-refractivity contribution in [2.75, 3.05) is 11.1 Å². The van der Waals surface area contributed by atoms with Crippen molar-refractivity contribution >= 4 is 23.5 Å². The van der Waals surface area contributed by atoms with Gasteiger partial charge in [-0.15, -0.1) is 11.8 Å². The first-order chi connectivity index (χ1) is 7.25. The smallest absolute Gasteiger partial charge is 0.238 e. The summed E-state index contributed by atoms with van der Waals surface area (Å²) in [7, 11) is 0. The minimum Gasteiger partial charge on any atom is -0.310 e. The predicted molar refractivity (Wildman–Crippen MR) is 58.3 cm³/mol. The lowest BCUT2D eigenvalue weighted by Crippen LogP contribution is -2.23. The Hall–Kier alpha value is -1.10. The van der Waals surface area contributed by atoms with E-state index < -0.39 is 5.95 Å². The molecule has 1 aliphatic rings. The van der Waals surface area contributed by atoms with E-state index in [2.05, 4.69) is 10.3 Å². The molecule has 1 aromatic rings. The number of carbonyl (C=O) groups excluding carboxylic acids is 1. The Morgan fingerprint density at radius 3 is 3.13 bits per heavy atom. The number of carbonyl (C=O) groups is 1. The molecule has 1 N–H and O–H groups in total. The fourth-order valence-corrected chi connectivity index (χ4v) is 2.63. The second kappa shape index (κ2) is 4.61. The Balaban J connectivity index is 1.99. The largest absolute Gasteiger partial charge is 0.310 e. The average Bonchev–Trinajstić information content (AvgIpc) is 2.70. The molecule has 0 saturated carbocycles. The molecule has 1 unspecified atom stereocenters. The van der Waals surface area contributed by atoms with Crippen LogP contribution in [-0.2, 0) is 4.79 Å². The average molecular weight is 226 g/mol. The molecule has 2 heterocycles. The molecule has 1 aromatic heterocycles. The van der Waals surface area contributed by atoms with Gasteiger partial charge in [0, 0.05) is 0 Å². The second-order valence-corrected chi connectivity index (χ2v) is 4.65. The Bertz CT molecular complexity index is 366. The summed E-state index contributed by atoms with van der Waals surface area (Å²) >= 11 is 1.64. The number of thioether (sulfide) groups is 1. The van der Waals surface area contributed by atoms with Gasteiger partial charge in [0.2, 0.25) is 11.9 Å². The Kier molecular flexibility index (Phi) is 3.20. The van der Waals surface area contributed by atoms with Crippen molar-refractivity contribution in [1.29, 1.82) is 0 Å². The molecular weight excluding hydrogens is 215 g/mol. The van der Waals surface area contributed by atoms with Gasteiger partial charge >= 0.3 is 0 Å². The van der Waals surface area contributed by atoms with E-state index in [1.54, 1.807) is 17.8 Å². The lowest BCUT2D eigenvalue weighted by atomic mass is 10.2. The third-order valence-corrected chi connectivity index (χ3v) is 3.57. The number of nitrogens with zero attached hydrogens (tertiary/aromatic N) is 1. The van der Waals surface area contributed by atoms with Gasteiger partial charge in [-0.3, -0.25) is 4.79 Å². The number of halogens is 1. The number of amides is 1. The summed E-state index contributed by atoms with van der Waals surface area (Å²) in [6.45, 7) is 0. The number of hydrogen-bond acceptors (Lipinski definition) is 3. The highest BCUT2D eigenvalue weighted by molar-refractivity contribution is 8.00. The Morgan fingerprint density at radius 2 is 2.47 bits per heavy atom. The molecular formula is C10H11FN2OS. The first-order valence-corrected chi connectivity index (χ1v) is 5.85. The van der Waals surface area contributed by atoms with E-state index in [0.29, 0.717) is 0 Å². The number of hydrogen-bond donors (Lipinski definition) is 1. The molecule has 1 aliphatic heterocycles. The summed E-state index contributed by atoms with van der Waals surface area (Å²) < 4.78 is 12.7. The molecule has 1 fully saturated rings. The van der Waals surface area contributed by atoms with E-state index in [-0.39, 0.29) is 17.0 Å². The normalized spacial score (nSPS) is 20.2. The van der Waals surface area contributed by atoms with Gasteiger partial charge in [-0.05, 0) is 30.7 Å². The number of anilines is 1. The van der Waals surface area contributed by atoms with Crippen LogP contribution < -0.4 is 5.32 Å². The van der Waals surface area contributed by atoms with Crippen LogP contribution in [0.5, 0.6) is 0 Å². The van der Waals surface area contributed by atoms with Crippen molar-refractivity contribution in [2.24, 2.45) is 0 Å².